The molecule has 1 fully saturated rings. The molecule has 0 radical (unpaired) electrons. The fourth-order valence-corrected chi connectivity index (χ4v) is 3.39. The summed E-state index contributed by atoms with van der Waals surface area (Å²) in [5.41, 5.74) is 2.30. The summed E-state index contributed by atoms with van der Waals surface area (Å²) in [6, 6.07) is 12.0. The Kier molecular flexibility index (Phi) is 6.51. The number of nitrogens with zero attached hydrogens (tertiary/aromatic N) is 2. The van der Waals surface area contributed by atoms with Crippen molar-refractivity contribution in [2.24, 2.45) is 5.16 Å². The van der Waals surface area contributed by atoms with E-state index in [9.17, 15) is 0 Å². The highest BCUT2D eigenvalue weighted by Gasteiger charge is 2.15. The van der Waals surface area contributed by atoms with Crippen LogP contribution in [0.15, 0.2) is 53.9 Å². The van der Waals surface area contributed by atoms with Gasteiger partial charge in [0, 0.05) is 30.1 Å². The molecular formula is C18H21N3O2S. The highest BCUT2D eigenvalue weighted by molar-refractivity contribution is 8.00. The van der Waals surface area contributed by atoms with Gasteiger partial charge in [-0.25, -0.2) is 0 Å². The third-order valence-corrected chi connectivity index (χ3v) is 4.78. The number of ether oxygens (including phenoxy) is 1. The predicted octanol–water partition coefficient (Wildman–Crippen LogP) is 2.72. The van der Waals surface area contributed by atoms with Crippen LogP contribution in [0.4, 0.5) is 0 Å². The lowest BCUT2D eigenvalue weighted by Crippen LogP contribution is -2.14. The highest BCUT2D eigenvalue weighted by Crippen LogP contribution is 2.21. The quantitative estimate of drug-likeness (QED) is 0.454. The number of hydrogen-bond acceptors (Lipinski definition) is 6. The molecule has 0 saturated carbocycles. The molecule has 1 aliphatic rings. The van der Waals surface area contributed by atoms with Crippen LogP contribution in [0, 0.1) is 0 Å². The first kappa shape index (κ1) is 16.8. The minimum Gasteiger partial charge on any atom is -0.490 e. The number of aromatic nitrogens is 1. The van der Waals surface area contributed by atoms with Crippen LogP contribution < -0.4 is 10.1 Å². The minimum atomic E-state index is 0.410. The van der Waals surface area contributed by atoms with Gasteiger partial charge in [0.05, 0.1) is 6.21 Å². The molecule has 2 heterocycles. The molecule has 0 amide bonds. The summed E-state index contributed by atoms with van der Waals surface area (Å²) in [5.74, 6) is 1.92. The van der Waals surface area contributed by atoms with Crippen molar-refractivity contribution < 1.29 is 9.57 Å². The maximum atomic E-state index is 5.66. The van der Waals surface area contributed by atoms with Gasteiger partial charge in [-0.05, 0) is 41.8 Å². The van der Waals surface area contributed by atoms with Gasteiger partial charge in [-0.3, -0.25) is 4.98 Å². The third-order valence-electron chi connectivity index (χ3n) is 3.61. The van der Waals surface area contributed by atoms with Gasteiger partial charge in [-0.1, -0.05) is 17.3 Å². The number of hydrogen-bond donors (Lipinski definition) is 1. The van der Waals surface area contributed by atoms with Crippen LogP contribution in [0.5, 0.6) is 5.75 Å². The van der Waals surface area contributed by atoms with E-state index in [4.69, 9.17) is 9.57 Å². The standard InChI is InChI=1S/C18H21N3O2S/c1-3-17(4-2-15(1)11-18-13-20-14-24-18)22-9-10-23-21-12-16-5-7-19-8-6-16/h1-8,12,18,20H,9-11,13-14H2. The Morgan fingerprint density at radius 1 is 1.17 bits per heavy atom. The number of benzene rings is 1. The predicted molar refractivity (Wildman–Crippen MR) is 97.7 cm³/mol. The van der Waals surface area contributed by atoms with Gasteiger partial charge in [0.2, 0.25) is 0 Å². The average molecular weight is 343 g/mol. The lowest BCUT2D eigenvalue weighted by Gasteiger charge is -2.09. The van der Waals surface area contributed by atoms with E-state index in [0.717, 1.165) is 30.2 Å². The molecule has 2 aromatic rings. The van der Waals surface area contributed by atoms with E-state index in [2.05, 4.69) is 27.6 Å². The summed E-state index contributed by atoms with van der Waals surface area (Å²) in [5, 5.41) is 7.96. The molecule has 0 aliphatic carbocycles. The highest BCUT2D eigenvalue weighted by atomic mass is 32.2. The minimum absolute atomic E-state index is 0.410. The second kappa shape index (κ2) is 9.30. The fraction of sp³-hybridized carbons (Fsp3) is 0.333. The van der Waals surface area contributed by atoms with E-state index >= 15 is 0 Å². The van der Waals surface area contributed by atoms with Crippen molar-refractivity contribution in [3.05, 3.63) is 59.9 Å². The van der Waals surface area contributed by atoms with Crippen molar-refractivity contribution >= 4 is 18.0 Å². The Hall–Kier alpha value is -2.05. The summed E-state index contributed by atoms with van der Waals surface area (Å²) in [7, 11) is 0. The zero-order chi connectivity index (χ0) is 16.5. The van der Waals surface area contributed by atoms with Gasteiger partial charge in [0.25, 0.3) is 0 Å². The van der Waals surface area contributed by atoms with E-state index in [1.807, 2.05) is 36.0 Å². The van der Waals surface area contributed by atoms with E-state index in [1.165, 1.54) is 5.56 Å². The van der Waals surface area contributed by atoms with Gasteiger partial charge < -0.3 is 14.9 Å². The van der Waals surface area contributed by atoms with Crippen molar-refractivity contribution in [2.75, 3.05) is 25.6 Å². The molecule has 126 valence electrons. The molecule has 0 spiro atoms. The molecule has 0 bridgehead atoms. The molecule has 1 aliphatic heterocycles. The molecular weight excluding hydrogens is 322 g/mol. The zero-order valence-corrected chi connectivity index (χ0v) is 14.2. The summed E-state index contributed by atoms with van der Waals surface area (Å²) in [4.78, 5) is 9.13. The van der Waals surface area contributed by atoms with Crippen LogP contribution in [-0.4, -0.2) is 42.1 Å². The second-order valence-electron chi connectivity index (χ2n) is 5.43. The monoisotopic (exact) mass is 343 g/mol. The average Bonchev–Trinajstić information content (AvgIpc) is 3.13. The molecule has 1 aromatic heterocycles. The first-order valence-electron chi connectivity index (χ1n) is 7.99. The maximum Gasteiger partial charge on any atom is 0.151 e. The van der Waals surface area contributed by atoms with E-state index in [-0.39, 0.29) is 0 Å². The zero-order valence-electron chi connectivity index (χ0n) is 13.4. The SMILES string of the molecule is C(=NOCCOc1ccc(CC2CNCS2)cc1)c1ccncc1. The first-order chi connectivity index (χ1) is 11.9. The van der Waals surface area contributed by atoms with Crippen molar-refractivity contribution in [1.29, 1.82) is 0 Å². The molecule has 1 N–H and O–H groups in total. The first-order valence-corrected chi connectivity index (χ1v) is 9.04. The molecule has 1 aromatic carbocycles. The van der Waals surface area contributed by atoms with E-state index in [0.29, 0.717) is 18.5 Å². The number of nitrogens with one attached hydrogen (secondary N) is 1. The number of rotatable bonds is 8. The lowest BCUT2D eigenvalue weighted by molar-refractivity contribution is 0.108. The fourth-order valence-electron chi connectivity index (χ4n) is 2.37. The van der Waals surface area contributed by atoms with Gasteiger partial charge in [-0.2, -0.15) is 0 Å². The van der Waals surface area contributed by atoms with Crippen LogP contribution >= 0.6 is 11.8 Å². The van der Waals surface area contributed by atoms with Crippen LogP contribution in [0.2, 0.25) is 0 Å². The molecule has 1 saturated heterocycles. The Bertz CT molecular complexity index is 628. The van der Waals surface area contributed by atoms with Crippen LogP contribution in [0.25, 0.3) is 0 Å². The Morgan fingerprint density at radius 3 is 2.75 bits per heavy atom. The second-order valence-corrected chi connectivity index (χ2v) is 6.72. The maximum absolute atomic E-state index is 5.66. The van der Waals surface area contributed by atoms with Crippen LogP contribution in [0.3, 0.4) is 0 Å². The Labute approximate surface area is 146 Å². The Balaban J connectivity index is 1.33. The van der Waals surface area contributed by atoms with E-state index < -0.39 is 0 Å². The van der Waals surface area contributed by atoms with E-state index in [1.54, 1.807) is 18.6 Å². The van der Waals surface area contributed by atoms with Crippen LogP contribution in [-0.2, 0) is 11.3 Å². The third kappa shape index (κ3) is 5.54. The van der Waals surface area contributed by atoms with Crippen molar-refractivity contribution in [2.45, 2.75) is 11.7 Å². The van der Waals surface area contributed by atoms with Gasteiger partial charge >= 0.3 is 0 Å². The summed E-state index contributed by atoms with van der Waals surface area (Å²) in [6.45, 7) is 1.98. The Morgan fingerprint density at radius 2 is 2.00 bits per heavy atom. The molecule has 3 rings (SSSR count). The molecule has 24 heavy (non-hydrogen) atoms. The van der Waals surface area contributed by atoms with Crippen molar-refractivity contribution in [3.8, 4) is 5.75 Å². The number of oxime groups is 1. The summed E-state index contributed by atoms with van der Waals surface area (Å²) >= 11 is 1.99. The van der Waals surface area contributed by atoms with Crippen molar-refractivity contribution in [3.63, 3.8) is 0 Å². The van der Waals surface area contributed by atoms with Gasteiger partial charge in [-0.15, -0.1) is 11.8 Å². The molecule has 1 unspecified atom stereocenters. The van der Waals surface area contributed by atoms with Crippen LogP contribution in [0.1, 0.15) is 11.1 Å². The van der Waals surface area contributed by atoms with Gasteiger partial charge in [0.1, 0.15) is 12.4 Å². The number of thioether (sulfide) groups is 1. The summed E-state index contributed by atoms with van der Waals surface area (Å²) < 4.78 is 5.66. The van der Waals surface area contributed by atoms with Gasteiger partial charge in [0.15, 0.2) is 6.61 Å². The smallest absolute Gasteiger partial charge is 0.151 e. The normalized spacial score (nSPS) is 17.2. The largest absolute Gasteiger partial charge is 0.490 e. The molecule has 5 nitrogen and oxygen atoms in total. The lowest BCUT2D eigenvalue weighted by atomic mass is 10.1. The molecule has 6 heteroatoms. The molecule has 1 atom stereocenters. The van der Waals surface area contributed by atoms with Crippen molar-refractivity contribution in [1.82, 2.24) is 10.3 Å². The topological polar surface area (TPSA) is 55.7 Å². The number of pyridine rings is 1. The summed E-state index contributed by atoms with van der Waals surface area (Å²) in [6.07, 6.45) is 6.20.